The van der Waals surface area contributed by atoms with E-state index >= 15 is 0 Å². The van der Waals surface area contributed by atoms with Gasteiger partial charge in [0.2, 0.25) is 11.8 Å². The molecule has 2 aromatic carbocycles. The third-order valence-corrected chi connectivity index (χ3v) is 8.60. The van der Waals surface area contributed by atoms with Crippen molar-refractivity contribution in [3.8, 4) is 5.75 Å². The standard InChI is InChI=1S/C34H42N6O6/c1-20-16-40(21(2)19-41)32(43)15-24-13-26(35-31(42)14-25-17-38(5)28-10-8-7-9-27(25)28)11-12-29(24)45-30(20)18-39(6)34(44)36-33-22(3)37-46-23(33)4/h7-13,17,20-21,30,41H,14-16,18-19H2,1-6H3,(H,35,42)(H,36,44)/t20-,21+,30-/m0/s1. The third-order valence-electron chi connectivity index (χ3n) is 8.60. The summed E-state index contributed by atoms with van der Waals surface area (Å²) in [5.41, 5.74) is 4.22. The zero-order valence-electron chi connectivity index (χ0n) is 27.2. The summed E-state index contributed by atoms with van der Waals surface area (Å²) in [5.74, 6) is 0.461. The number of urea groups is 1. The first kappa shape index (κ1) is 32.6. The highest BCUT2D eigenvalue weighted by Crippen LogP contribution is 2.30. The van der Waals surface area contributed by atoms with Crippen LogP contribution in [0.25, 0.3) is 10.9 Å². The van der Waals surface area contributed by atoms with Gasteiger partial charge in [0.1, 0.15) is 23.2 Å². The van der Waals surface area contributed by atoms with Crippen LogP contribution in [0.15, 0.2) is 53.2 Å². The average molecular weight is 631 g/mol. The van der Waals surface area contributed by atoms with Crippen LogP contribution in [0.1, 0.15) is 36.4 Å². The Labute approximate surface area is 268 Å². The Balaban J connectivity index is 1.37. The van der Waals surface area contributed by atoms with Crippen molar-refractivity contribution in [2.75, 3.05) is 37.4 Å². The molecule has 244 valence electrons. The Morgan fingerprint density at radius 1 is 1.17 bits per heavy atom. The lowest BCUT2D eigenvalue weighted by molar-refractivity contribution is -0.134. The Bertz CT molecular complexity index is 1730. The van der Waals surface area contributed by atoms with Crippen LogP contribution in [0.4, 0.5) is 16.2 Å². The average Bonchev–Trinajstić information content (AvgIpc) is 3.53. The van der Waals surface area contributed by atoms with Gasteiger partial charge >= 0.3 is 6.03 Å². The number of likely N-dealkylation sites (N-methyl/N-ethyl adjacent to an activating group) is 1. The van der Waals surface area contributed by atoms with E-state index in [1.54, 1.807) is 50.9 Å². The lowest BCUT2D eigenvalue weighted by Gasteiger charge is -2.34. The molecule has 12 heteroatoms. The number of hydrogen-bond acceptors (Lipinski definition) is 7. The minimum atomic E-state index is -0.495. The van der Waals surface area contributed by atoms with Crippen molar-refractivity contribution in [2.45, 2.75) is 52.7 Å². The van der Waals surface area contributed by atoms with E-state index in [1.165, 1.54) is 4.90 Å². The summed E-state index contributed by atoms with van der Waals surface area (Å²) in [4.78, 5) is 43.1. The van der Waals surface area contributed by atoms with Gasteiger partial charge in [-0.15, -0.1) is 0 Å². The maximum atomic E-state index is 13.6. The van der Waals surface area contributed by atoms with Crippen molar-refractivity contribution >= 4 is 40.1 Å². The number of aliphatic hydroxyl groups is 1. The molecule has 12 nitrogen and oxygen atoms in total. The van der Waals surface area contributed by atoms with Gasteiger partial charge in [-0.1, -0.05) is 30.3 Å². The van der Waals surface area contributed by atoms with Crippen LogP contribution in [-0.2, 0) is 29.5 Å². The second-order valence-corrected chi connectivity index (χ2v) is 12.2. The largest absolute Gasteiger partial charge is 0.488 e. The van der Waals surface area contributed by atoms with Crippen molar-refractivity contribution in [1.82, 2.24) is 19.5 Å². The maximum Gasteiger partial charge on any atom is 0.321 e. The van der Waals surface area contributed by atoms with E-state index in [0.717, 1.165) is 16.5 Å². The van der Waals surface area contributed by atoms with Gasteiger partial charge in [0.05, 0.1) is 32.0 Å². The topological polar surface area (TPSA) is 142 Å². The number of hydrogen-bond donors (Lipinski definition) is 3. The number of carbonyl (C=O) groups excluding carboxylic acids is 3. The number of fused-ring (bicyclic) bond motifs is 2. The molecule has 0 unspecified atom stereocenters. The van der Waals surface area contributed by atoms with Gasteiger partial charge in [-0.3, -0.25) is 9.59 Å². The van der Waals surface area contributed by atoms with Gasteiger partial charge in [0.15, 0.2) is 5.76 Å². The molecule has 1 aliphatic heterocycles. The normalized spacial score (nSPS) is 17.4. The summed E-state index contributed by atoms with van der Waals surface area (Å²) in [6.07, 6.45) is 1.68. The lowest BCUT2D eigenvalue weighted by Crippen LogP contribution is -2.48. The van der Waals surface area contributed by atoms with Crippen LogP contribution in [0, 0.1) is 19.8 Å². The summed E-state index contributed by atoms with van der Waals surface area (Å²) >= 11 is 0. The fraction of sp³-hybridized carbons (Fsp3) is 0.412. The highest BCUT2D eigenvalue weighted by Gasteiger charge is 2.32. The summed E-state index contributed by atoms with van der Waals surface area (Å²) in [6.45, 7) is 7.59. The molecule has 0 radical (unpaired) electrons. The number of nitrogens with zero attached hydrogens (tertiary/aromatic N) is 4. The van der Waals surface area contributed by atoms with Gasteiger partial charge in [-0.05, 0) is 50.6 Å². The smallest absolute Gasteiger partial charge is 0.321 e. The second kappa shape index (κ2) is 13.7. The molecule has 1 aliphatic rings. The first-order valence-corrected chi connectivity index (χ1v) is 15.4. The van der Waals surface area contributed by atoms with E-state index in [0.29, 0.717) is 40.7 Å². The number of para-hydroxylation sites is 1. The molecule has 0 saturated carbocycles. The molecular formula is C34H42N6O6. The van der Waals surface area contributed by atoms with Crippen LogP contribution in [-0.4, -0.2) is 81.4 Å². The van der Waals surface area contributed by atoms with Crippen LogP contribution >= 0.6 is 0 Å². The van der Waals surface area contributed by atoms with Crippen molar-refractivity contribution in [1.29, 1.82) is 0 Å². The molecule has 3 heterocycles. The number of aliphatic hydroxyl groups excluding tert-OH is 1. The molecule has 0 saturated heterocycles. The van der Waals surface area contributed by atoms with Crippen LogP contribution < -0.4 is 15.4 Å². The van der Waals surface area contributed by atoms with Crippen LogP contribution in [0.3, 0.4) is 0 Å². The summed E-state index contributed by atoms with van der Waals surface area (Å²) in [6, 6.07) is 12.4. The molecule has 0 fully saturated rings. The zero-order chi connectivity index (χ0) is 33.1. The molecule has 5 rings (SSSR count). The van der Waals surface area contributed by atoms with Gasteiger partial charge in [0, 0.05) is 54.9 Å². The van der Waals surface area contributed by atoms with Gasteiger partial charge in [-0.2, -0.15) is 0 Å². The number of anilines is 2. The summed E-state index contributed by atoms with van der Waals surface area (Å²) in [5, 5.41) is 20.7. The fourth-order valence-electron chi connectivity index (χ4n) is 5.89. The molecule has 0 aliphatic carbocycles. The quantitative estimate of drug-likeness (QED) is 0.264. The Morgan fingerprint density at radius 3 is 2.65 bits per heavy atom. The van der Waals surface area contributed by atoms with Crippen LogP contribution in [0.5, 0.6) is 5.75 Å². The van der Waals surface area contributed by atoms with E-state index in [-0.39, 0.29) is 49.8 Å². The highest BCUT2D eigenvalue weighted by molar-refractivity contribution is 5.96. The van der Waals surface area contributed by atoms with E-state index in [2.05, 4.69) is 15.8 Å². The van der Waals surface area contributed by atoms with Crippen molar-refractivity contribution in [3.05, 3.63) is 71.2 Å². The molecule has 4 amide bonds. The van der Waals surface area contributed by atoms with E-state index in [9.17, 15) is 19.5 Å². The Morgan fingerprint density at radius 2 is 1.93 bits per heavy atom. The predicted octanol–water partition coefficient (Wildman–Crippen LogP) is 4.28. The van der Waals surface area contributed by atoms with E-state index < -0.39 is 12.1 Å². The molecule has 4 aromatic rings. The number of rotatable bonds is 8. The number of aryl methyl sites for hydroxylation is 3. The molecule has 3 N–H and O–H groups in total. The summed E-state index contributed by atoms with van der Waals surface area (Å²) in [7, 11) is 3.63. The van der Waals surface area contributed by atoms with Crippen molar-refractivity contribution < 1.29 is 28.8 Å². The number of aromatic nitrogens is 2. The number of amides is 4. The van der Waals surface area contributed by atoms with E-state index in [4.69, 9.17) is 9.26 Å². The molecule has 2 aromatic heterocycles. The maximum absolute atomic E-state index is 13.6. The Kier molecular flexibility index (Phi) is 9.66. The fourth-order valence-corrected chi connectivity index (χ4v) is 5.89. The van der Waals surface area contributed by atoms with Gasteiger partial charge < -0.3 is 39.4 Å². The summed E-state index contributed by atoms with van der Waals surface area (Å²) < 4.78 is 13.7. The number of benzene rings is 2. The number of ether oxygens (including phenoxy) is 1. The van der Waals surface area contributed by atoms with Crippen molar-refractivity contribution in [3.63, 3.8) is 0 Å². The Hall–Kier alpha value is -4.84. The molecule has 0 bridgehead atoms. The van der Waals surface area contributed by atoms with E-state index in [1.807, 2.05) is 49.0 Å². The third kappa shape index (κ3) is 7.02. The predicted molar refractivity (Wildman–Crippen MR) is 175 cm³/mol. The zero-order valence-corrected chi connectivity index (χ0v) is 27.2. The number of carbonyl (C=O) groups is 3. The SMILES string of the molecule is Cc1noc(C)c1NC(=O)N(C)C[C@@H]1Oc2ccc(NC(=O)Cc3cn(C)c4ccccc34)cc2CC(=O)N([C@H](C)CO)C[C@@H]1C. The minimum Gasteiger partial charge on any atom is -0.488 e. The lowest BCUT2D eigenvalue weighted by atomic mass is 10.0. The van der Waals surface area contributed by atoms with Gasteiger partial charge in [-0.25, -0.2) is 4.79 Å². The van der Waals surface area contributed by atoms with Gasteiger partial charge in [0.25, 0.3) is 0 Å². The molecule has 46 heavy (non-hydrogen) atoms. The molecular weight excluding hydrogens is 588 g/mol. The van der Waals surface area contributed by atoms with Crippen molar-refractivity contribution in [2.24, 2.45) is 13.0 Å². The molecule has 0 spiro atoms. The molecule has 3 atom stereocenters. The minimum absolute atomic E-state index is 0.0223. The second-order valence-electron chi connectivity index (χ2n) is 12.2. The first-order chi connectivity index (χ1) is 21.9. The first-order valence-electron chi connectivity index (χ1n) is 15.4. The van der Waals surface area contributed by atoms with Crippen LogP contribution in [0.2, 0.25) is 0 Å². The highest BCUT2D eigenvalue weighted by atomic mass is 16.5. The monoisotopic (exact) mass is 630 g/mol. The number of nitrogens with one attached hydrogen (secondary N) is 2.